The molecule has 1 saturated heterocycles. The van der Waals surface area contributed by atoms with Gasteiger partial charge in [-0.2, -0.15) is 0 Å². The van der Waals surface area contributed by atoms with Gasteiger partial charge in [-0.1, -0.05) is 12.1 Å². The zero-order chi connectivity index (χ0) is 15.0. The molecule has 0 aromatic heterocycles. The number of benzene rings is 1. The number of rotatable bonds is 3. The van der Waals surface area contributed by atoms with Crippen LogP contribution in [-0.4, -0.2) is 17.1 Å². The highest BCUT2D eigenvalue weighted by atomic mass is 19.1. The number of halogens is 1. The van der Waals surface area contributed by atoms with Crippen molar-refractivity contribution in [2.24, 2.45) is 0 Å². The highest BCUT2D eigenvalue weighted by Gasteiger charge is 2.37. The Kier molecular flexibility index (Phi) is 4.22. The minimum atomic E-state index is -0.176. The molecule has 1 unspecified atom stereocenters. The Labute approximate surface area is 122 Å². The normalized spacial score (nSPS) is 23.5. The van der Waals surface area contributed by atoms with Crippen molar-refractivity contribution >= 4 is 0 Å². The Morgan fingerprint density at radius 1 is 1.10 bits per heavy atom. The molecule has 0 bridgehead atoms. The van der Waals surface area contributed by atoms with E-state index in [1.807, 2.05) is 12.1 Å². The standard InChI is InChI=1S/C17H27FN2/c1-12(13-6-8-14(18)9-7-13)19-15-10-16(2,3)20-17(4,5)11-15/h6-9,12,15,19-20H,10-11H2,1-5H3. The third kappa shape index (κ3) is 4.03. The molecule has 2 rings (SSSR count). The Bertz CT molecular complexity index is 435. The molecular formula is C17H27FN2. The van der Waals surface area contributed by atoms with Gasteiger partial charge in [0.15, 0.2) is 0 Å². The highest BCUT2D eigenvalue weighted by molar-refractivity contribution is 5.19. The summed E-state index contributed by atoms with van der Waals surface area (Å²) < 4.78 is 13.0. The average Bonchev–Trinajstić information content (AvgIpc) is 2.25. The molecule has 1 aliphatic heterocycles. The minimum absolute atomic E-state index is 0.141. The largest absolute Gasteiger partial charge is 0.307 e. The van der Waals surface area contributed by atoms with Gasteiger partial charge in [-0.15, -0.1) is 0 Å². The lowest BCUT2D eigenvalue weighted by Gasteiger charge is -2.47. The first kappa shape index (κ1) is 15.5. The summed E-state index contributed by atoms with van der Waals surface area (Å²) in [4.78, 5) is 0. The van der Waals surface area contributed by atoms with E-state index in [4.69, 9.17) is 0 Å². The van der Waals surface area contributed by atoms with Gasteiger partial charge in [0.2, 0.25) is 0 Å². The number of nitrogens with one attached hydrogen (secondary N) is 2. The molecule has 1 aliphatic rings. The van der Waals surface area contributed by atoms with Crippen LogP contribution in [-0.2, 0) is 0 Å². The third-order valence-electron chi connectivity index (χ3n) is 4.05. The van der Waals surface area contributed by atoms with E-state index in [1.54, 1.807) is 0 Å². The van der Waals surface area contributed by atoms with Crippen LogP contribution in [0.3, 0.4) is 0 Å². The molecule has 0 aliphatic carbocycles. The Balaban J connectivity index is 2.03. The first-order valence-corrected chi connectivity index (χ1v) is 7.48. The molecule has 1 atom stereocenters. The fourth-order valence-electron chi connectivity index (χ4n) is 3.64. The van der Waals surface area contributed by atoms with Crippen LogP contribution in [0, 0.1) is 5.82 Å². The summed E-state index contributed by atoms with van der Waals surface area (Å²) in [7, 11) is 0. The fraction of sp³-hybridized carbons (Fsp3) is 0.647. The quantitative estimate of drug-likeness (QED) is 0.879. The van der Waals surface area contributed by atoms with Crippen LogP contribution in [0.5, 0.6) is 0 Å². The monoisotopic (exact) mass is 278 g/mol. The molecule has 1 aromatic carbocycles. The molecule has 20 heavy (non-hydrogen) atoms. The van der Waals surface area contributed by atoms with E-state index in [2.05, 4.69) is 45.3 Å². The third-order valence-corrected chi connectivity index (χ3v) is 4.05. The number of piperidine rings is 1. The lowest BCUT2D eigenvalue weighted by molar-refractivity contribution is 0.141. The molecule has 0 radical (unpaired) electrons. The van der Waals surface area contributed by atoms with E-state index in [0.717, 1.165) is 18.4 Å². The van der Waals surface area contributed by atoms with Crippen LogP contribution in [0.1, 0.15) is 59.1 Å². The molecular weight excluding hydrogens is 251 g/mol. The summed E-state index contributed by atoms with van der Waals surface area (Å²) in [5, 5.41) is 7.40. The van der Waals surface area contributed by atoms with E-state index < -0.39 is 0 Å². The van der Waals surface area contributed by atoms with Gasteiger partial charge in [-0.25, -0.2) is 4.39 Å². The van der Waals surface area contributed by atoms with E-state index >= 15 is 0 Å². The molecule has 0 spiro atoms. The van der Waals surface area contributed by atoms with Crippen LogP contribution >= 0.6 is 0 Å². The van der Waals surface area contributed by atoms with Gasteiger partial charge in [0, 0.05) is 23.2 Å². The van der Waals surface area contributed by atoms with Crippen molar-refractivity contribution in [1.82, 2.24) is 10.6 Å². The maximum Gasteiger partial charge on any atom is 0.123 e. The smallest absolute Gasteiger partial charge is 0.123 e. The second-order valence-electron chi connectivity index (χ2n) is 7.44. The molecule has 0 saturated carbocycles. The van der Waals surface area contributed by atoms with E-state index in [1.165, 1.54) is 12.1 Å². The van der Waals surface area contributed by atoms with Crippen molar-refractivity contribution in [1.29, 1.82) is 0 Å². The van der Waals surface area contributed by atoms with Crippen LogP contribution in [0.2, 0.25) is 0 Å². The second-order valence-corrected chi connectivity index (χ2v) is 7.44. The van der Waals surface area contributed by atoms with Gasteiger partial charge >= 0.3 is 0 Å². The van der Waals surface area contributed by atoms with Crippen molar-refractivity contribution in [3.05, 3.63) is 35.6 Å². The van der Waals surface area contributed by atoms with Gasteiger partial charge in [0.05, 0.1) is 0 Å². The molecule has 0 amide bonds. The van der Waals surface area contributed by atoms with Crippen LogP contribution < -0.4 is 10.6 Å². The van der Waals surface area contributed by atoms with E-state index in [0.29, 0.717) is 6.04 Å². The second kappa shape index (κ2) is 5.45. The molecule has 3 heteroatoms. The first-order chi connectivity index (χ1) is 9.17. The predicted molar refractivity (Wildman–Crippen MR) is 82.3 cm³/mol. The summed E-state index contributed by atoms with van der Waals surface area (Å²) in [6.07, 6.45) is 2.20. The van der Waals surface area contributed by atoms with E-state index in [9.17, 15) is 4.39 Å². The van der Waals surface area contributed by atoms with Crippen molar-refractivity contribution in [3.63, 3.8) is 0 Å². The summed E-state index contributed by atoms with van der Waals surface area (Å²) >= 11 is 0. The van der Waals surface area contributed by atoms with Crippen molar-refractivity contribution in [2.75, 3.05) is 0 Å². The topological polar surface area (TPSA) is 24.1 Å². The number of hydrogen-bond acceptors (Lipinski definition) is 2. The summed E-state index contributed by atoms with van der Waals surface area (Å²) in [6.45, 7) is 11.2. The minimum Gasteiger partial charge on any atom is -0.307 e. The summed E-state index contributed by atoms with van der Waals surface area (Å²) in [6, 6.07) is 7.51. The zero-order valence-corrected chi connectivity index (χ0v) is 13.3. The summed E-state index contributed by atoms with van der Waals surface area (Å²) in [5.74, 6) is -0.176. The molecule has 112 valence electrons. The zero-order valence-electron chi connectivity index (χ0n) is 13.3. The van der Waals surface area contributed by atoms with Crippen molar-refractivity contribution in [2.45, 2.75) is 70.6 Å². The van der Waals surface area contributed by atoms with Crippen LogP contribution in [0.4, 0.5) is 4.39 Å². The predicted octanol–water partition coefficient (Wildman–Crippen LogP) is 3.79. The maximum absolute atomic E-state index is 13.0. The first-order valence-electron chi connectivity index (χ1n) is 7.48. The van der Waals surface area contributed by atoms with Gasteiger partial charge in [-0.3, -0.25) is 0 Å². The summed E-state index contributed by atoms with van der Waals surface area (Å²) in [5.41, 5.74) is 1.42. The lowest BCUT2D eigenvalue weighted by Crippen LogP contribution is -2.61. The highest BCUT2D eigenvalue weighted by Crippen LogP contribution is 2.30. The van der Waals surface area contributed by atoms with E-state index in [-0.39, 0.29) is 22.9 Å². The van der Waals surface area contributed by atoms with Crippen molar-refractivity contribution in [3.8, 4) is 0 Å². The Morgan fingerprint density at radius 3 is 2.10 bits per heavy atom. The molecule has 2 nitrogen and oxygen atoms in total. The SMILES string of the molecule is CC(NC1CC(C)(C)NC(C)(C)C1)c1ccc(F)cc1. The number of hydrogen-bond donors (Lipinski definition) is 2. The van der Waals surface area contributed by atoms with Crippen LogP contribution in [0.25, 0.3) is 0 Å². The Morgan fingerprint density at radius 2 is 1.60 bits per heavy atom. The van der Waals surface area contributed by atoms with Gasteiger partial charge in [-0.05, 0) is 65.2 Å². The molecule has 1 fully saturated rings. The van der Waals surface area contributed by atoms with Gasteiger partial charge in [0.1, 0.15) is 5.82 Å². The van der Waals surface area contributed by atoms with Gasteiger partial charge in [0.25, 0.3) is 0 Å². The van der Waals surface area contributed by atoms with Crippen LogP contribution in [0.15, 0.2) is 24.3 Å². The van der Waals surface area contributed by atoms with Crippen molar-refractivity contribution < 1.29 is 4.39 Å². The van der Waals surface area contributed by atoms with Gasteiger partial charge < -0.3 is 10.6 Å². The Hall–Kier alpha value is -0.930. The molecule has 1 aromatic rings. The molecule has 2 N–H and O–H groups in total. The average molecular weight is 278 g/mol. The maximum atomic E-state index is 13.0. The molecule has 1 heterocycles. The lowest BCUT2D eigenvalue weighted by atomic mass is 9.79. The fourth-order valence-corrected chi connectivity index (χ4v) is 3.64.